The summed E-state index contributed by atoms with van der Waals surface area (Å²) in [6.45, 7) is 0. The third kappa shape index (κ3) is 5.01. The molecule has 0 aliphatic rings. The molecule has 3 rings (SSSR count). The fourth-order valence-electron chi connectivity index (χ4n) is 2.94. The number of nitrogens with one attached hydrogen (secondary N) is 1. The van der Waals surface area contributed by atoms with Crippen LogP contribution < -0.4 is 24.3 Å². The summed E-state index contributed by atoms with van der Waals surface area (Å²) in [6, 6.07) is 11.2. The SMILES string of the molecule is COc1ccc(CCC(=O)Nc2nc(-c3ccc(OC)c(OC)c3)cs2)cc1OC. The zero-order chi connectivity index (χ0) is 21.5. The number of methoxy groups -OCH3 is 4. The summed E-state index contributed by atoms with van der Waals surface area (Å²) < 4.78 is 21.1. The maximum absolute atomic E-state index is 12.4. The smallest absolute Gasteiger partial charge is 0.226 e. The topological polar surface area (TPSA) is 78.9 Å². The number of ether oxygens (including phenoxy) is 4. The number of amides is 1. The maximum atomic E-state index is 12.4. The lowest BCUT2D eigenvalue weighted by molar-refractivity contribution is -0.116. The van der Waals surface area contributed by atoms with Gasteiger partial charge in [-0.3, -0.25) is 4.79 Å². The molecule has 3 aromatic rings. The molecule has 30 heavy (non-hydrogen) atoms. The van der Waals surface area contributed by atoms with Crippen LogP contribution in [-0.4, -0.2) is 39.3 Å². The number of nitrogens with zero attached hydrogens (tertiary/aromatic N) is 1. The van der Waals surface area contributed by atoms with Crippen molar-refractivity contribution in [2.24, 2.45) is 0 Å². The van der Waals surface area contributed by atoms with Crippen molar-refractivity contribution in [2.45, 2.75) is 12.8 Å². The Morgan fingerprint density at radius 1 is 0.900 bits per heavy atom. The van der Waals surface area contributed by atoms with E-state index in [0.29, 0.717) is 41.0 Å². The molecule has 0 atom stereocenters. The number of hydrogen-bond donors (Lipinski definition) is 1. The van der Waals surface area contributed by atoms with E-state index in [1.165, 1.54) is 11.3 Å². The summed E-state index contributed by atoms with van der Waals surface area (Å²) >= 11 is 1.38. The molecule has 0 aliphatic heterocycles. The lowest BCUT2D eigenvalue weighted by atomic mass is 10.1. The number of aromatic nitrogens is 1. The highest BCUT2D eigenvalue weighted by Crippen LogP contribution is 2.33. The summed E-state index contributed by atoms with van der Waals surface area (Å²) in [7, 11) is 6.37. The van der Waals surface area contributed by atoms with Crippen LogP contribution in [0.2, 0.25) is 0 Å². The van der Waals surface area contributed by atoms with E-state index < -0.39 is 0 Å². The summed E-state index contributed by atoms with van der Waals surface area (Å²) in [4.78, 5) is 16.9. The number of carbonyl (C=O) groups is 1. The molecule has 0 unspecified atom stereocenters. The predicted molar refractivity (Wildman–Crippen MR) is 117 cm³/mol. The van der Waals surface area contributed by atoms with E-state index in [-0.39, 0.29) is 5.91 Å². The Balaban J connectivity index is 1.61. The Morgan fingerprint density at radius 3 is 2.20 bits per heavy atom. The number of aryl methyl sites for hydroxylation is 1. The van der Waals surface area contributed by atoms with Gasteiger partial charge in [-0.25, -0.2) is 4.98 Å². The Morgan fingerprint density at radius 2 is 1.53 bits per heavy atom. The highest BCUT2D eigenvalue weighted by Gasteiger charge is 2.12. The van der Waals surface area contributed by atoms with Gasteiger partial charge in [0.05, 0.1) is 34.1 Å². The van der Waals surface area contributed by atoms with Gasteiger partial charge in [-0.1, -0.05) is 6.07 Å². The van der Waals surface area contributed by atoms with Gasteiger partial charge in [0.2, 0.25) is 5.91 Å². The summed E-state index contributed by atoms with van der Waals surface area (Å²) in [5.74, 6) is 2.49. The minimum Gasteiger partial charge on any atom is -0.493 e. The zero-order valence-corrected chi connectivity index (χ0v) is 18.2. The zero-order valence-electron chi connectivity index (χ0n) is 17.4. The Kier molecular flexibility index (Phi) is 7.13. The quantitative estimate of drug-likeness (QED) is 0.544. The van der Waals surface area contributed by atoms with Crippen LogP contribution in [0.1, 0.15) is 12.0 Å². The minimum absolute atomic E-state index is 0.0991. The second-order valence-electron chi connectivity index (χ2n) is 6.35. The van der Waals surface area contributed by atoms with Gasteiger partial charge in [-0.15, -0.1) is 11.3 Å². The number of benzene rings is 2. The van der Waals surface area contributed by atoms with Crippen molar-refractivity contribution in [1.29, 1.82) is 0 Å². The highest BCUT2D eigenvalue weighted by molar-refractivity contribution is 7.14. The number of rotatable bonds is 9. The van der Waals surface area contributed by atoms with Crippen LogP contribution in [0.4, 0.5) is 5.13 Å². The first kappa shape index (κ1) is 21.4. The van der Waals surface area contributed by atoms with Crippen LogP contribution in [0.15, 0.2) is 41.8 Å². The van der Waals surface area contributed by atoms with Crippen molar-refractivity contribution in [3.8, 4) is 34.3 Å². The van der Waals surface area contributed by atoms with E-state index >= 15 is 0 Å². The van der Waals surface area contributed by atoms with Gasteiger partial charge in [0.1, 0.15) is 0 Å². The van der Waals surface area contributed by atoms with Gasteiger partial charge in [0.25, 0.3) is 0 Å². The second-order valence-corrected chi connectivity index (χ2v) is 7.20. The fourth-order valence-corrected chi connectivity index (χ4v) is 3.67. The van der Waals surface area contributed by atoms with Crippen LogP contribution in [0.3, 0.4) is 0 Å². The van der Waals surface area contributed by atoms with Crippen LogP contribution in [-0.2, 0) is 11.2 Å². The van der Waals surface area contributed by atoms with E-state index in [1.54, 1.807) is 28.4 Å². The van der Waals surface area contributed by atoms with Crippen molar-refractivity contribution in [2.75, 3.05) is 33.8 Å². The number of carbonyl (C=O) groups excluding carboxylic acids is 1. The second kappa shape index (κ2) is 9.98. The van der Waals surface area contributed by atoms with Crippen LogP contribution in [0.25, 0.3) is 11.3 Å². The molecule has 0 spiro atoms. The Bertz CT molecular complexity index is 1020. The molecule has 8 heteroatoms. The molecular formula is C22H24N2O5S. The fraction of sp³-hybridized carbons (Fsp3) is 0.273. The summed E-state index contributed by atoms with van der Waals surface area (Å²) in [6.07, 6.45) is 0.918. The van der Waals surface area contributed by atoms with Gasteiger partial charge < -0.3 is 24.3 Å². The molecule has 0 bridgehead atoms. The van der Waals surface area contributed by atoms with Crippen LogP contribution in [0.5, 0.6) is 23.0 Å². The van der Waals surface area contributed by atoms with Gasteiger partial charge in [-0.2, -0.15) is 0 Å². The van der Waals surface area contributed by atoms with Gasteiger partial charge in [-0.05, 0) is 42.3 Å². The Labute approximate surface area is 179 Å². The van der Waals surface area contributed by atoms with Crippen molar-refractivity contribution < 1.29 is 23.7 Å². The van der Waals surface area contributed by atoms with E-state index in [2.05, 4.69) is 10.3 Å². The molecule has 1 heterocycles. The monoisotopic (exact) mass is 428 g/mol. The maximum Gasteiger partial charge on any atom is 0.226 e. The first-order valence-corrected chi connectivity index (χ1v) is 10.1. The number of anilines is 1. The highest BCUT2D eigenvalue weighted by atomic mass is 32.1. The minimum atomic E-state index is -0.0991. The van der Waals surface area contributed by atoms with E-state index in [4.69, 9.17) is 18.9 Å². The van der Waals surface area contributed by atoms with Crippen LogP contribution in [0, 0.1) is 0 Å². The molecule has 7 nitrogen and oxygen atoms in total. The molecule has 1 amide bonds. The van der Waals surface area contributed by atoms with Gasteiger partial charge in [0, 0.05) is 17.4 Å². The summed E-state index contributed by atoms with van der Waals surface area (Å²) in [5, 5.41) is 5.31. The largest absolute Gasteiger partial charge is 0.493 e. The van der Waals surface area contributed by atoms with Gasteiger partial charge in [0.15, 0.2) is 28.1 Å². The van der Waals surface area contributed by atoms with Crippen molar-refractivity contribution in [3.05, 3.63) is 47.3 Å². The van der Waals surface area contributed by atoms with Crippen LogP contribution >= 0.6 is 11.3 Å². The van der Waals surface area contributed by atoms with Gasteiger partial charge >= 0.3 is 0 Å². The first-order chi connectivity index (χ1) is 14.6. The molecule has 0 aliphatic carbocycles. The van der Waals surface area contributed by atoms with E-state index in [9.17, 15) is 4.79 Å². The van der Waals surface area contributed by atoms with Crippen molar-refractivity contribution in [1.82, 2.24) is 4.98 Å². The lowest BCUT2D eigenvalue weighted by Crippen LogP contribution is -2.12. The van der Waals surface area contributed by atoms with E-state index in [0.717, 1.165) is 16.8 Å². The molecule has 1 N–H and O–H groups in total. The molecule has 0 fully saturated rings. The molecule has 0 radical (unpaired) electrons. The average molecular weight is 429 g/mol. The van der Waals surface area contributed by atoms with Crippen molar-refractivity contribution >= 4 is 22.4 Å². The molecule has 158 valence electrons. The normalized spacial score (nSPS) is 10.4. The number of thiazole rings is 1. The first-order valence-electron chi connectivity index (χ1n) is 9.26. The third-order valence-corrected chi connectivity index (χ3v) is 5.28. The molecule has 0 saturated carbocycles. The molecule has 2 aromatic carbocycles. The average Bonchev–Trinajstić information content (AvgIpc) is 3.25. The van der Waals surface area contributed by atoms with Crippen molar-refractivity contribution in [3.63, 3.8) is 0 Å². The number of hydrogen-bond acceptors (Lipinski definition) is 7. The molecule has 0 saturated heterocycles. The molecule has 1 aromatic heterocycles. The Hall–Kier alpha value is -3.26. The molecular weight excluding hydrogens is 404 g/mol. The lowest BCUT2D eigenvalue weighted by Gasteiger charge is -2.09. The van der Waals surface area contributed by atoms with E-state index in [1.807, 2.05) is 41.8 Å². The standard InChI is InChI=1S/C22H24N2O5S/c1-26-17-8-5-14(11-19(17)28-3)6-10-21(25)24-22-23-16(13-30-22)15-7-9-18(27-2)20(12-15)29-4/h5,7-9,11-13H,6,10H2,1-4H3,(H,23,24,25). The third-order valence-electron chi connectivity index (χ3n) is 4.52. The predicted octanol–water partition coefficient (Wildman–Crippen LogP) is 4.42. The summed E-state index contributed by atoms with van der Waals surface area (Å²) in [5.41, 5.74) is 2.64.